The van der Waals surface area contributed by atoms with Gasteiger partial charge >= 0.3 is 0 Å². The standard InChI is InChI=1S/C18H25N3O3S2/c1-5-20-26(23,24)15-7-6-13(2)16(10-15)18(22)19-11-17(21(3)4)14-8-9-25-12-14/h6-10,12,17,20H,5,11H2,1-4H3,(H,19,22). The fourth-order valence-corrected chi connectivity index (χ4v) is 4.41. The number of thiophene rings is 1. The second kappa shape index (κ2) is 8.77. The third kappa shape index (κ3) is 4.91. The summed E-state index contributed by atoms with van der Waals surface area (Å²) >= 11 is 1.61. The van der Waals surface area contributed by atoms with Gasteiger partial charge < -0.3 is 10.2 Å². The number of carbonyl (C=O) groups is 1. The molecule has 0 saturated carbocycles. The number of nitrogens with one attached hydrogen (secondary N) is 2. The Hall–Kier alpha value is -1.74. The molecular weight excluding hydrogens is 370 g/mol. The second-order valence-electron chi connectivity index (χ2n) is 6.22. The van der Waals surface area contributed by atoms with E-state index in [-0.39, 0.29) is 16.8 Å². The van der Waals surface area contributed by atoms with Gasteiger partial charge in [0.25, 0.3) is 5.91 Å². The molecule has 2 rings (SSSR count). The monoisotopic (exact) mass is 395 g/mol. The van der Waals surface area contributed by atoms with E-state index in [1.165, 1.54) is 12.1 Å². The fraction of sp³-hybridized carbons (Fsp3) is 0.389. The molecule has 1 unspecified atom stereocenters. The van der Waals surface area contributed by atoms with Gasteiger partial charge in [-0.25, -0.2) is 13.1 Å². The number of nitrogens with zero attached hydrogens (tertiary/aromatic N) is 1. The smallest absolute Gasteiger partial charge is 0.251 e. The molecule has 142 valence electrons. The number of hydrogen-bond donors (Lipinski definition) is 2. The summed E-state index contributed by atoms with van der Waals surface area (Å²) in [6.45, 7) is 4.24. The Morgan fingerprint density at radius 3 is 2.58 bits per heavy atom. The molecule has 0 radical (unpaired) electrons. The van der Waals surface area contributed by atoms with E-state index >= 15 is 0 Å². The number of carbonyl (C=O) groups excluding carboxylic acids is 1. The lowest BCUT2D eigenvalue weighted by molar-refractivity contribution is 0.0941. The van der Waals surface area contributed by atoms with Gasteiger partial charge in [-0.05, 0) is 61.1 Å². The van der Waals surface area contributed by atoms with E-state index in [2.05, 4.69) is 15.4 Å². The van der Waals surface area contributed by atoms with E-state index in [0.29, 0.717) is 18.7 Å². The molecule has 1 heterocycles. The maximum Gasteiger partial charge on any atom is 0.251 e. The van der Waals surface area contributed by atoms with Gasteiger partial charge in [0.1, 0.15) is 0 Å². The van der Waals surface area contributed by atoms with Crippen LogP contribution in [-0.4, -0.2) is 46.4 Å². The molecule has 26 heavy (non-hydrogen) atoms. The van der Waals surface area contributed by atoms with Crippen molar-refractivity contribution in [3.63, 3.8) is 0 Å². The minimum Gasteiger partial charge on any atom is -0.350 e. The van der Waals surface area contributed by atoms with Crippen molar-refractivity contribution in [3.8, 4) is 0 Å². The third-order valence-corrected chi connectivity index (χ3v) is 6.35. The van der Waals surface area contributed by atoms with E-state index in [9.17, 15) is 13.2 Å². The quantitative estimate of drug-likeness (QED) is 0.719. The van der Waals surface area contributed by atoms with Gasteiger partial charge in [0, 0.05) is 18.7 Å². The van der Waals surface area contributed by atoms with Crippen molar-refractivity contribution in [3.05, 3.63) is 51.7 Å². The number of hydrogen-bond acceptors (Lipinski definition) is 5. The highest BCUT2D eigenvalue weighted by Crippen LogP contribution is 2.21. The topological polar surface area (TPSA) is 78.5 Å². The molecule has 0 bridgehead atoms. The molecule has 1 atom stereocenters. The molecule has 1 aromatic carbocycles. The molecule has 0 fully saturated rings. The number of aryl methyl sites for hydroxylation is 1. The third-order valence-electron chi connectivity index (χ3n) is 4.11. The number of amides is 1. The first-order chi connectivity index (χ1) is 12.3. The van der Waals surface area contributed by atoms with Crippen LogP contribution in [0.25, 0.3) is 0 Å². The Balaban J connectivity index is 2.19. The molecule has 8 heteroatoms. The molecular formula is C18H25N3O3S2. The summed E-state index contributed by atoms with van der Waals surface area (Å²) in [7, 11) is 0.323. The molecule has 6 nitrogen and oxygen atoms in total. The van der Waals surface area contributed by atoms with Crippen molar-refractivity contribution in [1.82, 2.24) is 14.9 Å². The van der Waals surface area contributed by atoms with Crippen LogP contribution < -0.4 is 10.0 Å². The molecule has 0 aliphatic rings. The predicted octanol–water partition coefficient (Wildman–Crippen LogP) is 2.39. The normalized spacial score (nSPS) is 13.0. The van der Waals surface area contributed by atoms with E-state index in [1.54, 1.807) is 31.3 Å². The SMILES string of the molecule is CCNS(=O)(=O)c1ccc(C)c(C(=O)NCC(c2ccsc2)N(C)C)c1. The van der Waals surface area contributed by atoms with Crippen LogP contribution in [0.4, 0.5) is 0 Å². The lowest BCUT2D eigenvalue weighted by Gasteiger charge is -2.24. The molecule has 0 aliphatic heterocycles. The van der Waals surface area contributed by atoms with E-state index in [4.69, 9.17) is 0 Å². The van der Waals surface area contributed by atoms with Gasteiger partial charge in [-0.3, -0.25) is 4.79 Å². The number of rotatable bonds is 8. The van der Waals surface area contributed by atoms with Gasteiger partial charge in [-0.1, -0.05) is 13.0 Å². The van der Waals surface area contributed by atoms with Crippen LogP contribution in [-0.2, 0) is 10.0 Å². The minimum atomic E-state index is -3.60. The van der Waals surface area contributed by atoms with Crippen molar-refractivity contribution in [2.45, 2.75) is 24.8 Å². The molecule has 2 N–H and O–H groups in total. The van der Waals surface area contributed by atoms with Crippen molar-refractivity contribution in [1.29, 1.82) is 0 Å². The number of likely N-dealkylation sites (N-methyl/N-ethyl adjacent to an activating group) is 1. The van der Waals surface area contributed by atoms with Crippen LogP contribution in [0.15, 0.2) is 39.9 Å². The van der Waals surface area contributed by atoms with Crippen molar-refractivity contribution in [2.24, 2.45) is 0 Å². The Kier molecular flexibility index (Phi) is 6.94. The van der Waals surface area contributed by atoms with Crippen LogP contribution in [0.5, 0.6) is 0 Å². The van der Waals surface area contributed by atoms with Gasteiger partial charge in [0.05, 0.1) is 10.9 Å². The van der Waals surface area contributed by atoms with Gasteiger partial charge in [-0.2, -0.15) is 11.3 Å². The van der Waals surface area contributed by atoms with Crippen molar-refractivity contribution >= 4 is 27.3 Å². The van der Waals surface area contributed by atoms with Crippen molar-refractivity contribution in [2.75, 3.05) is 27.2 Å². The number of benzene rings is 1. The Bertz CT molecular complexity index is 847. The van der Waals surface area contributed by atoms with E-state index < -0.39 is 10.0 Å². The summed E-state index contributed by atoms with van der Waals surface area (Å²) in [6, 6.07) is 6.69. The highest BCUT2D eigenvalue weighted by atomic mass is 32.2. The molecule has 0 spiro atoms. The lowest BCUT2D eigenvalue weighted by atomic mass is 10.1. The Labute approximate surface area is 159 Å². The summed E-state index contributed by atoms with van der Waals surface area (Å²) in [5.74, 6) is -0.280. The zero-order valence-corrected chi connectivity index (χ0v) is 17.1. The van der Waals surface area contributed by atoms with Crippen LogP contribution in [0, 0.1) is 6.92 Å². The molecule has 1 amide bonds. The van der Waals surface area contributed by atoms with E-state index in [1.807, 2.05) is 30.4 Å². The number of sulfonamides is 1. The molecule has 0 aliphatic carbocycles. The maximum atomic E-state index is 12.7. The predicted molar refractivity (Wildman–Crippen MR) is 105 cm³/mol. The van der Waals surface area contributed by atoms with E-state index in [0.717, 1.165) is 11.1 Å². The average molecular weight is 396 g/mol. The fourth-order valence-electron chi connectivity index (χ4n) is 2.63. The summed E-state index contributed by atoms with van der Waals surface area (Å²) in [5, 5.41) is 7.00. The van der Waals surface area contributed by atoms with Gasteiger partial charge in [0.2, 0.25) is 10.0 Å². The summed E-state index contributed by atoms with van der Waals surface area (Å²) in [4.78, 5) is 14.8. The lowest BCUT2D eigenvalue weighted by Crippen LogP contribution is -2.34. The molecule has 1 aromatic heterocycles. The highest BCUT2D eigenvalue weighted by molar-refractivity contribution is 7.89. The molecule has 0 saturated heterocycles. The Morgan fingerprint density at radius 1 is 1.27 bits per heavy atom. The summed E-state index contributed by atoms with van der Waals surface area (Å²) < 4.78 is 26.8. The summed E-state index contributed by atoms with van der Waals surface area (Å²) in [5.41, 5.74) is 2.24. The van der Waals surface area contributed by atoms with Crippen LogP contribution in [0.2, 0.25) is 0 Å². The van der Waals surface area contributed by atoms with Crippen LogP contribution in [0.1, 0.15) is 34.5 Å². The second-order valence-corrected chi connectivity index (χ2v) is 8.77. The zero-order chi connectivity index (χ0) is 19.3. The highest BCUT2D eigenvalue weighted by Gasteiger charge is 2.19. The van der Waals surface area contributed by atoms with Gasteiger partial charge in [-0.15, -0.1) is 0 Å². The first-order valence-corrected chi connectivity index (χ1v) is 10.8. The maximum absolute atomic E-state index is 12.7. The average Bonchev–Trinajstić information content (AvgIpc) is 3.08. The first-order valence-electron chi connectivity index (χ1n) is 8.33. The van der Waals surface area contributed by atoms with Gasteiger partial charge in [0.15, 0.2) is 0 Å². The van der Waals surface area contributed by atoms with Crippen LogP contribution >= 0.6 is 11.3 Å². The Morgan fingerprint density at radius 2 is 2.00 bits per heavy atom. The minimum absolute atomic E-state index is 0.0548. The first kappa shape index (κ1) is 20.6. The zero-order valence-electron chi connectivity index (χ0n) is 15.4. The van der Waals surface area contributed by atoms with Crippen LogP contribution in [0.3, 0.4) is 0 Å². The summed E-state index contributed by atoms with van der Waals surface area (Å²) in [6.07, 6.45) is 0. The largest absolute Gasteiger partial charge is 0.350 e. The van der Waals surface area contributed by atoms with Crippen molar-refractivity contribution < 1.29 is 13.2 Å². The molecule has 2 aromatic rings.